The molecule has 2 aromatic rings. The quantitative estimate of drug-likeness (QED) is 0.874. The molecular weight excluding hydrogens is 324 g/mol. The normalized spacial score (nSPS) is 11.1. The average molecular weight is 346 g/mol. The zero-order valence-corrected chi connectivity index (χ0v) is 14.9. The number of amides is 1. The molecule has 0 aliphatic rings. The molecule has 24 heavy (non-hydrogen) atoms. The first-order valence-electron chi connectivity index (χ1n) is 7.67. The highest BCUT2D eigenvalue weighted by atomic mass is 32.2. The number of hydrogen-bond acceptors (Lipinski definition) is 3. The van der Waals surface area contributed by atoms with E-state index in [9.17, 15) is 13.2 Å². The Morgan fingerprint density at radius 1 is 1.04 bits per heavy atom. The van der Waals surface area contributed by atoms with Crippen LogP contribution in [0.1, 0.15) is 17.5 Å². The smallest absolute Gasteiger partial charge is 0.232 e. The van der Waals surface area contributed by atoms with Gasteiger partial charge >= 0.3 is 0 Å². The molecule has 1 amide bonds. The summed E-state index contributed by atoms with van der Waals surface area (Å²) in [6, 6.07) is 14.7. The molecule has 6 heteroatoms. The number of nitrogens with one attached hydrogen (secondary N) is 1. The molecule has 128 valence electrons. The number of anilines is 2. The van der Waals surface area contributed by atoms with Gasteiger partial charge in [-0.2, -0.15) is 0 Å². The summed E-state index contributed by atoms with van der Waals surface area (Å²) in [7, 11) is -3.45. The summed E-state index contributed by atoms with van der Waals surface area (Å²) in [5.41, 5.74) is 3.31. The SMILES string of the molecule is Cc1ccc(N(CCC(=O)Nc2ccccc2C)S(C)(=O)=O)cc1. The first-order chi connectivity index (χ1) is 11.3. The van der Waals surface area contributed by atoms with Crippen LogP contribution in [0.3, 0.4) is 0 Å². The van der Waals surface area contributed by atoms with E-state index in [0.717, 1.165) is 23.1 Å². The number of carbonyl (C=O) groups excluding carboxylic acids is 1. The van der Waals surface area contributed by atoms with Gasteiger partial charge in [-0.15, -0.1) is 0 Å². The van der Waals surface area contributed by atoms with Crippen molar-refractivity contribution in [1.82, 2.24) is 0 Å². The van der Waals surface area contributed by atoms with E-state index in [4.69, 9.17) is 0 Å². The second-order valence-corrected chi connectivity index (χ2v) is 7.69. The fourth-order valence-corrected chi connectivity index (χ4v) is 3.25. The van der Waals surface area contributed by atoms with Gasteiger partial charge in [0.1, 0.15) is 0 Å². The minimum absolute atomic E-state index is 0.0787. The maximum absolute atomic E-state index is 12.1. The average Bonchev–Trinajstić information content (AvgIpc) is 2.50. The third kappa shape index (κ3) is 4.83. The number of aryl methyl sites for hydroxylation is 2. The third-order valence-corrected chi connectivity index (χ3v) is 4.88. The maximum atomic E-state index is 12.1. The number of rotatable bonds is 6. The zero-order valence-electron chi connectivity index (χ0n) is 14.1. The minimum atomic E-state index is -3.45. The summed E-state index contributed by atoms with van der Waals surface area (Å²) in [6.45, 7) is 3.94. The van der Waals surface area contributed by atoms with E-state index in [1.165, 1.54) is 4.31 Å². The zero-order chi connectivity index (χ0) is 17.7. The van der Waals surface area contributed by atoms with Crippen molar-refractivity contribution in [1.29, 1.82) is 0 Å². The van der Waals surface area contributed by atoms with E-state index in [1.807, 2.05) is 50.2 Å². The summed E-state index contributed by atoms with van der Waals surface area (Å²) in [6.07, 6.45) is 1.22. The van der Waals surface area contributed by atoms with Crippen molar-refractivity contribution in [2.75, 3.05) is 22.4 Å². The van der Waals surface area contributed by atoms with Crippen LogP contribution in [-0.2, 0) is 14.8 Å². The lowest BCUT2D eigenvalue weighted by molar-refractivity contribution is -0.116. The Morgan fingerprint density at radius 2 is 1.67 bits per heavy atom. The number of hydrogen-bond donors (Lipinski definition) is 1. The molecule has 0 saturated heterocycles. The van der Waals surface area contributed by atoms with Crippen LogP contribution in [0.4, 0.5) is 11.4 Å². The van der Waals surface area contributed by atoms with Crippen LogP contribution in [0.15, 0.2) is 48.5 Å². The molecule has 0 bridgehead atoms. The standard InChI is InChI=1S/C18H22N2O3S/c1-14-8-10-16(11-9-14)20(24(3,22)23)13-12-18(21)19-17-7-5-4-6-15(17)2/h4-11H,12-13H2,1-3H3,(H,19,21). The Balaban J connectivity index is 2.07. The highest BCUT2D eigenvalue weighted by Gasteiger charge is 2.18. The van der Waals surface area contributed by atoms with E-state index < -0.39 is 10.0 Å². The molecule has 0 unspecified atom stereocenters. The van der Waals surface area contributed by atoms with Crippen molar-refractivity contribution >= 4 is 27.3 Å². The topological polar surface area (TPSA) is 66.5 Å². The lowest BCUT2D eigenvalue weighted by Gasteiger charge is -2.22. The Kier molecular flexibility index (Phi) is 5.62. The Hall–Kier alpha value is -2.34. The molecule has 5 nitrogen and oxygen atoms in total. The van der Waals surface area contributed by atoms with E-state index in [-0.39, 0.29) is 18.9 Å². The number of benzene rings is 2. The molecule has 2 rings (SSSR count). The van der Waals surface area contributed by atoms with Gasteiger partial charge in [0.2, 0.25) is 15.9 Å². The minimum Gasteiger partial charge on any atom is -0.326 e. The lowest BCUT2D eigenvalue weighted by atomic mass is 10.2. The van der Waals surface area contributed by atoms with Crippen LogP contribution in [0.25, 0.3) is 0 Å². The van der Waals surface area contributed by atoms with Crippen molar-refractivity contribution in [2.24, 2.45) is 0 Å². The second-order valence-electron chi connectivity index (χ2n) is 5.78. The highest BCUT2D eigenvalue weighted by molar-refractivity contribution is 7.92. The van der Waals surface area contributed by atoms with Crippen molar-refractivity contribution in [2.45, 2.75) is 20.3 Å². The van der Waals surface area contributed by atoms with Crippen LogP contribution in [0.2, 0.25) is 0 Å². The van der Waals surface area contributed by atoms with Gasteiger partial charge < -0.3 is 5.32 Å². The molecule has 0 aromatic heterocycles. The number of para-hydroxylation sites is 1. The van der Waals surface area contributed by atoms with Crippen molar-refractivity contribution < 1.29 is 13.2 Å². The van der Waals surface area contributed by atoms with Crippen LogP contribution in [0.5, 0.6) is 0 Å². The fraction of sp³-hybridized carbons (Fsp3) is 0.278. The van der Waals surface area contributed by atoms with Gasteiger partial charge in [-0.05, 0) is 37.6 Å². The molecule has 0 aliphatic carbocycles. The van der Waals surface area contributed by atoms with E-state index in [2.05, 4.69) is 5.32 Å². The molecule has 0 saturated carbocycles. The monoisotopic (exact) mass is 346 g/mol. The van der Waals surface area contributed by atoms with Gasteiger partial charge in [-0.25, -0.2) is 8.42 Å². The largest absolute Gasteiger partial charge is 0.326 e. The second kappa shape index (κ2) is 7.49. The van der Waals surface area contributed by atoms with Gasteiger partial charge in [0.25, 0.3) is 0 Å². The molecule has 0 fully saturated rings. The summed E-state index contributed by atoms with van der Waals surface area (Å²) < 4.78 is 25.3. The summed E-state index contributed by atoms with van der Waals surface area (Å²) in [5.74, 6) is -0.218. The van der Waals surface area contributed by atoms with Crippen molar-refractivity contribution in [3.63, 3.8) is 0 Å². The first-order valence-corrected chi connectivity index (χ1v) is 9.52. The summed E-state index contributed by atoms with van der Waals surface area (Å²) in [5, 5.41) is 2.82. The van der Waals surface area contributed by atoms with Crippen molar-refractivity contribution in [3.05, 3.63) is 59.7 Å². The van der Waals surface area contributed by atoms with Gasteiger partial charge in [0, 0.05) is 18.7 Å². The van der Waals surface area contributed by atoms with Crippen LogP contribution >= 0.6 is 0 Å². The summed E-state index contributed by atoms with van der Waals surface area (Å²) >= 11 is 0. The Labute approximate surface area is 143 Å². The third-order valence-electron chi connectivity index (χ3n) is 3.68. The van der Waals surface area contributed by atoms with Gasteiger partial charge in [0.05, 0.1) is 11.9 Å². The molecule has 0 atom stereocenters. The van der Waals surface area contributed by atoms with Crippen LogP contribution in [0, 0.1) is 13.8 Å². The van der Waals surface area contributed by atoms with E-state index in [0.29, 0.717) is 5.69 Å². The van der Waals surface area contributed by atoms with E-state index >= 15 is 0 Å². The van der Waals surface area contributed by atoms with Crippen LogP contribution < -0.4 is 9.62 Å². The molecule has 0 aliphatic heterocycles. The number of nitrogens with zero attached hydrogens (tertiary/aromatic N) is 1. The van der Waals surface area contributed by atoms with Crippen LogP contribution in [-0.4, -0.2) is 27.1 Å². The Bertz CT molecular complexity index is 814. The molecule has 0 heterocycles. The molecule has 0 radical (unpaired) electrons. The number of sulfonamides is 1. The maximum Gasteiger partial charge on any atom is 0.232 e. The summed E-state index contributed by atoms with van der Waals surface area (Å²) in [4.78, 5) is 12.1. The van der Waals surface area contributed by atoms with Gasteiger partial charge in [0.15, 0.2) is 0 Å². The lowest BCUT2D eigenvalue weighted by Crippen LogP contribution is -2.33. The van der Waals surface area contributed by atoms with Crippen molar-refractivity contribution in [3.8, 4) is 0 Å². The molecule has 2 aromatic carbocycles. The van der Waals surface area contributed by atoms with E-state index in [1.54, 1.807) is 12.1 Å². The Morgan fingerprint density at radius 3 is 2.25 bits per heavy atom. The molecule has 0 spiro atoms. The molecular formula is C18H22N2O3S. The number of carbonyl (C=O) groups is 1. The fourth-order valence-electron chi connectivity index (χ4n) is 2.33. The molecule has 1 N–H and O–H groups in total. The van der Waals surface area contributed by atoms with Gasteiger partial charge in [-0.1, -0.05) is 35.9 Å². The predicted octanol–water partition coefficient (Wildman–Crippen LogP) is 3.10. The predicted molar refractivity (Wildman–Crippen MR) is 97.8 cm³/mol. The highest BCUT2D eigenvalue weighted by Crippen LogP contribution is 2.19. The van der Waals surface area contributed by atoms with Gasteiger partial charge in [-0.3, -0.25) is 9.10 Å². The first kappa shape index (κ1) is 18.0.